The second-order valence-electron chi connectivity index (χ2n) is 17.9. The molecular formula is C48H59LaN8O13. The first kappa shape index (κ1) is 56.7. The second-order valence-corrected chi connectivity index (χ2v) is 17.9. The minimum atomic E-state index is -1.75. The number of anilines is 1. The molecule has 2 aromatic carbocycles. The van der Waals surface area contributed by atoms with Gasteiger partial charge in [0, 0.05) is 35.3 Å². The van der Waals surface area contributed by atoms with Crippen molar-refractivity contribution in [3.05, 3.63) is 124 Å². The van der Waals surface area contributed by atoms with Crippen LogP contribution in [0.15, 0.2) is 65.7 Å². The number of aromatic nitrogens is 1. The number of hydrogen-bond donors (Lipinski definition) is 0. The van der Waals surface area contributed by atoms with Gasteiger partial charge in [-0.25, -0.2) is 4.98 Å². The Kier molecular flexibility index (Phi) is 23.3. The summed E-state index contributed by atoms with van der Waals surface area (Å²) < 4.78 is 0. The molecule has 4 fully saturated rings. The molecule has 1 aromatic heterocycles. The van der Waals surface area contributed by atoms with E-state index in [4.69, 9.17) is 51.0 Å². The van der Waals surface area contributed by atoms with Gasteiger partial charge >= 0.3 is 35.6 Å². The van der Waals surface area contributed by atoms with Crippen LogP contribution < -0.4 is 4.90 Å². The smallest absolute Gasteiger partial charge is 0.356 e. The number of amides is 2. The first-order valence-electron chi connectivity index (χ1n) is 23.8. The molecule has 0 radical (unpaired) electrons. The summed E-state index contributed by atoms with van der Waals surface area (Å²) in [6.45, 7) is 0.225. The van der Waals surface area contributed by atoms with Crippen LogP contribution in [0.4, 0.5) is 11.4 Å². The monoisotopic (exact) mass is 1090 g/mol. The van der Waals surface area contributed by atoms with E-state index in [2.05, 4.69) is 14.8 Å². The van der Waals surface area contributed by atoms with Crippen molar-refractivity contribution in [2.45, 2.75) is 153 Å². The number of rotatable bonds is 11. The van der Waals surface area contributed by atoms with Gasteiger partial charge in [-0.05, 0) is 81.2 Å². The van der Waals surface area contributed by atoms with Gasteiger partial charge in [0.2, 0.25) is 17.6 Å². The van der Waals surface area contributed by atoms with Crippen LogP contribution >= 0.6 is 0 Å². The standard InChI is InChI=1S/C48H59N5O4.La.3NO3/c54-44(52(35-17-5-1-6-18-35)36-19-7-2-8-20-36)32-51(33-45(55)53(37-21-9-3-10-22-37)38-23-11-4-12-24-38)43-28-16-15-27-42(43)49-31-34-29-30-40-39-25-13-14-26-41(39)47(56)48(57)46(40)50-34;;3*2-1(3)4/h13-16,25-31,35-38H,1-12,17-24,32-33H2;;;;/q;+3;3*-1. The summed E-state index contributed by atoms with van der Waals surface area (Å²) >= 11 is 0. The maximum absolute atomic E-state index is 14.9. The number of para-hydroxylation sites is 2. The minimum Gasteiger partial charge on any atom is -0.356 e. The first-order chi connectivity index (χ1) is 33.2. The summed E-state index contributed by atoms with van der Waals surface area (Å²) in [6.07, 6.45) is 24.1. The van der Waals surface area contributed by atoms with Crippen molar-refractivity contribution < 1.29 is 70.0 Å². The summed E-state index contributed by atoms with van der Waals surface area (Å²) in [4.78, 5) is 96.8. The number of fused-ring (bicyclic) bond motifs is 3. The molecule has 70 heavy (non-hydrogen) atoms. The topological polar surface area (TPSA) is 302 Å². The molecule has 0 unspecified atom stereocenters. The predicted molar refractivity (Wildman–Crippen MR) is 257 cm³/mol. The third-order valence-corrected chi connectivity index (χ3v) is 13.5. The van der Waals surface area contributed by atoms with Crippen LogP contribution in [0.25, 0.3) is 11.1 Å². The summed E-state index contributed by atoms with van der Waals surface area (Å²) in [5, 5.41) is 44.2. The normalized spacial score (nSPS) is 17.3. The van der Waals surface area contributed by atoms with Crippen molar-refractivity contribution in [1.29, 1.82) is 0 Å². The van der Waals surface area contributed by atoms with Gasteiger partial charge in [0.1, 0.15) is 5.69 Å². The molecule has 5 aliphatic carbocycles. The molecule has 372 valence electrons. The number of carbonyl (C=O) groups is 4. The van der Waals surface area contributed by atoms with Crippen molar-refractivity contribution in [2.75, 3.05) is 18.0 Å². The van der Waals surface area contributed by atoms with Crippen LogP contribution in [0.3, 0.4) is 0 Å². The molecular weight excluding hydrogens is 1040 g/mol. The van der Waals surface area contributed by atoms with Gasteiger partial charge in [-0.3, -0.25) is 24.2 Å². The number of nitrogens with zero attached hydrogens (tertiary/aromatic N) is 8. The molecule has 0 atom stereocenters. The number of Topliss-reactive ketones (excluding diaryl/α,β-unsaturated/α-hetero) is 2. The van der Waals surface area contributed by atoms with Gasteiger partial charge < -0.3 is 60.7 Å². The Bertz CT molecular complexity index is 2160. The molecule has 0 saturated heterocycles. The molecule has 0 N–H and O–H groups in total. The molecule has 1 heterocycles. The van der Waals surface area contributed by atoms with E-state index in [-0.39, 0.29) is 90.4 Å². The third-order valence-electron chi connectivity index (χ3n) is 13.5. The Labute approximate surface area is 433 Å². The van der Waals surface area contributed by atoms with Crippen LogP contribution in [-0.2, 0) is 9.59 Å². The van der Waals surface area contributed by atoms with Crippen LogP contribution in [0, 0.1) is 81.6 Å². The van der Waals surface area contributed by atoms with Crippen molar-refractivity contribution in [3.63, 3.8) is 0 Å². The summed E-state index contributed by atoms with van der Waals surface area (Å²) in [7, 11) is 0. The van der Waals surface area contributed by atoms with Gasteiger partial charge in [0.15, 0.2) is 0 Å². The van der Waals surface area contributed by atoms with Crippen LogP contribution in [0.5, 0.6) is 0 Å². The van der Waals surface area contributed by atoms with E-state index < -0.39 is 26.8 Å². The Morgan fingerprint density at radius 1 is 0.529 bits per heavy atom. The zero-order valence-corrected chi connectivity index (χ0v) is 42.8. The van der Waals surface area contributed by atoms with Gasteiger partial charge in [0.05, 0.1) is 51.6 Å². The van der Waals surface area contributed by atoms with Gasteiger partial charge in [0.25, 0.3) is 5.78 Å². The molecule has 2 amide bonds. The molecule has 3 aromatic rings. The number of aliphatic imine (C=N–C) groups is 1. The number of carbonyl (C=O) groups excluding carboxylic acids is 4. The van der Waals surface area contributed by atoms with E-state index in [1.54, 1.807) is 18.3 Å². The SMILES string of the molecule is O=C1C(=O)c2nc(C=Nc3ccccc3N(CC(=O)N(C3CCCCC3)C3CCCCC3)CC(=O)N(C3CCCCC3)C3CCCCC3)ccc2-c2ccccc21.O=[N+]([O-])[O-].O=[N+]([O-])[O-].O=[N+]([O-])[O-].[La+3]. The molecule has 0 bridgehead atoms. The molecule has 4 saturated carbocycles. The van der Waals surface area contributed by atoms with E-state index >= 15 is 0 Å². The first-order valence-corrected chi connectivity index (χ1v) is 23.8. The summed E-state index contributed by atoms with van der Waals surface area (Å²) in [5.74, 6) is -0.950. The van der Waals surface area contributed by atoms with Gasteiger partial charge in [-0.2, -0.15) is 0 Å². The number of hydrogen-bond acceptors (Lipinski definition) is 16. The molecule has 8 rings (SSSR count). The fourth-order valence-corrected chi connectivity index (χ4v) is 10.6. The fourth-order valence-electron chi connectivity index (χ4n) is 10.6. The summed E-state index contributed by atoms with van der Waals surface area (Å²) in [6, 6.07) is 19.5. The largest absolute Gasteiger partial charge is 3.00 e. The van der Waals surface area contributed by atoms with E-state index in [9.17, 15) is 19.2 Å². The number of ketones is 2. The zero-order valence-electron chi connectivity index (χ0n) is 39.2. The second kappa shape index (κ2) is 28.7. The third kappa shape index (κ3) is 16.6. The van der Waals surface area contributed by atoms with E-state index in [0.717, 1.165) is 108 Å². The van der Waals surface area contributed by atoms with Crippen LogP contribution in [-0.4, -0.2) is 96.9 Å². The molecule has 0 aliphatic heterocycles. The maximum atomic E-state index is 14.9. The molecule has 22 heteroatoms. The van der Waals surface area contributed by atoms with Crippen molar-refractivity contribution in [3.8, 4) is 11.1 Å². The average Bonchev–Trinajstić information content (AvgIpc) is 3.33. The number of pyridine rings is 1. The number of benzene rings is 2. The van der Waals surface area contributed by atoms with Crippen LogP contribution in [0.2, 0.25) is 0 Å². The molecule has 0 spiro atoms. The Balaban J connectivity index is 0.000000739. The van der Waals surface area contributed by atoms with Crippen molar-refractivity contribution in [2.24, 2.45) is 4.99 Å². The zero-order chi connectivity index (χ0) is 49.9. The minimum absolute atomic E-state index is 0. The molecule has 21 nitrogen and oxygen atoms in total. The maximum Gasteiger partial charge on any atom is 3.00 e. The summed E-state index contributed by atoms with van der Waals surface area (Å²) in [5.41, 5.74) is 3.66. The Hall–Kier alpha value is -5.87. The van der Waals surface area contributed by atoms with Gasteiger partial charge in [-0.15, -0.1) is 0 Å². The molecule has 5 aliphatic rings. The average molecular weight is 1090 g/mol. The quantitative estimate of drug-likeness (QED) is 0.0749. The van der Waals surface area contributed by atoms with E-state index in [1.807, 2.05) is 53.4 Å². The fraction of sp³-hybridized carbons (Fsp3) is 0.542. The van der Waals surface area contributed by atoms with E-state index in [0.29, 0.717) is 28.1 Å². The Morgan fingerprint density at radius 3 is 1.31 bits per heavy atom. The van der Waals surface area contributed by atoms with Crippen LogP contribution in [0.1, 0.15) is 155 Å². The predicted octanol–water partition coefficient (Wildman–Crippen LogP) is 8.96. The van der Waals surface area contributed by atoms with Gasteiger partial charge in [-0.1, -0.05) is 113 Å². The van der Waals surface area contributed by atoms with E-state index in [1.165, 1.54) is 25.7 Å². The van der Waals surface area contributed by atoms with Crippen molar-refractivity contribution >= 4 is 41.0 Å². The Morgan fingerprint density at radius 2 is 0.900 bits per heavy atom. The van der Waals surface area contributed by atoms with Crippen molar-refractivity contribution in [1.82, 2.24) is 14.8 Å².